The van der Waals surface area contributed by atoms with E-state index in [9.17, 15) is 9.50 Å². The van der Waals surface area contributed by atoms with Crippen LogP contribution >= 0.6 is 0 Å². The van der Waals surface area contributed by atoms with Crippen LogP contribution in [0, 0.1) is 12.7 Å². The Bertz CT molecular complexity index is 572. The molecule has 1 aromatic carbocycles. The highest BCUT2D eigenvalue weighted by atomic mass is 19.1. The predicted octanol–water partition coefficient (Wildman–Crippen LogP) is 2.81. The number of hydrogen-bond acceptors (Lipinski definition) is 3. The van der Waals surface area contributed by atoms with Gasteiger partial charge in [-0.2, -0.15) is 0 Å². The zero-order valence-electron chi connectivity index (χ0n) is 10.9. The molecule has 1 aromatic heterocycles. The van der Waals surface area contributed by atoms with Crippen molar-refractivity contribution >= 4 is 0 Å². The number of hydrogen-bond donors (Lipinski definition) is 1. The third kappa shape index (κ3) is 3.29. The van der Waals surface area contributed by atoms with Gasteiger partial charge in [0.15, 0.2) is 11.6 Å². The third-order valence-corrected chi connectivity index (χ3v) is 2.90. The summed E-state index contributed by atoms with van der Waals surface area (Å²) in [5.41, 5.74) is 2.14. The number of benzene rings is 1. The Morgan fingerprint density at radius 1 is 1.32 bits per heavy atom. The molecule has 1 atom stereocenters. The minimum atomic E-state index is -0.743. The maximum Gasteiger partial charge on any atom is 0.165 e. The molecule has 0 aliphatic rings. The number of aliphatic hydroxyl groups is 1. The molecule has 19 heavy (non-hydrogen) atoms. The molecule has 1 N–H and O–H groups in total. The van der Waals surface area contributed by atoms with Crippen LogP contribution < -0.4 is 4.74 Å². The summed E-state index contributed by atoms with van der Waals surface area (Å²) in [4.78, 5) is 4.26. The number of pyridine rings is 1. The molecular formula is C15H16FNO2. The molecule has 1 heterocycles. The summed E-state index contributed by atoms with van der Waals surface area (Å²) in [5.74, 6) is -0.226. The molecule has 0 amide bonds. The van der Waals surface area contributed by atoms with Gasteiger partial charge in [-0.05, 0) is 36.8 Å². The van der Waals surface area contributed by atoms with Crippen molar-refractivity contribution in [2.45, 2.75) is 19.4 Å². The smallest absolute Gasteiger partial charge is 0.165 e. The van der Waals surface area contributed by atoms with Gasteiger partial charge in [0.25, 0.3) is 0 Å². The first-order valence-corrected chi connectivity index (χ1v) is 6.04. The molecule has 0 radical (unpaired) electrons. The van der Waals surface area contributed by atoms with E-state index in [1.165, 1.54) is 13.2 Å². The van der Waals surface area contributed by atoms with Crippen LogP contribution in [0.4, 0.5) is 4.39 Å². The maximum absolute atomic E-state index is 13.5. The van der Waals surface area contributed by atoms with E-state index in [-0.39, 0.29) is 5.75 Å². The molecule has 1 unspecified atom stereocenters. The van der Waals surface area contributed by atoms with Crippen molar-refractivity contribution in [1.29, 1.82) is 0 Å². The highest BCUT2D eigenvalue weighted by Crippen LogP contribution is 2.22. The van der Waals surface area contributed by atoms with Crippen LogP contribution in [0.1, 0.15) is 23.1 Å². The SMILES string of the molecule is COc1ccc(CC(O)c2cccc(C)n2)cc1F. The Morgan fingerprint density at radius 2 is 2.11 bits per heavy atom. The van der Waals surface area contributed by atoms with Crippen molar-refractivity contribution in [3.8, 4) is 5.75 Å². The number of rotatable bonds is 4. The largest absolute Gasteiger partial charge is 0.494 e. The molecule has 0 aliphatic carbocycles. The van der Waals surface area contributed by atoms with Crippen molar-refractivity contribution in [3.05, 3.63) is 59.2 Å². The normalized spacial score (nSPS) is 12.2. The number of aryl methyl sites for hydroxylation is 1. The van der Waals surface area contributed by atoms with E-state index < -0.39 is 11.9 Å². The molecular weight excluding hydrogens is 245 g/mol. The van der Waals surface area contributed by atoms with Crippen molar-refractivity contribution in [3.63, 3.8) is 0 Å². The van der Waals surface area contributed by atoms with Crippen LogP contribution in [0.2, 0.25) is 0 Å². The van der Waals surface area contributed by atoms with Gasteiger partial charge in [0.1, 0.15) is 0 Å². The number of nitrogens with zero attached hydrogens (tertiary/aromatic N) is 1. The first-order chi connectivity index (χ1) is 9.10. The second-order valence-corrected chi connectivity index (χ2v) is 4.39. The molecule has 0 saturated heterocycles. The van der Waals surface area contributed by atoms with E-state index >= 15 is 0 Å². The van der Waals surface area contributed by atoms with Crippen molar-refractivity contribution < 1.29 is 14.2 Å². The van der Waals surface area contributed by atoms with Gasteiger partial charge >= 0.3 is 0 Å². The van der Waals surface area contributed by atoms with E-state index in [0.717, 1.165) is 5.69 Å². The average Bonchev–Trinajstić information content (AvgIpc) is 2.39. The zero-order chi connectivity index (χ0) is 13.8. The molecule has 2 rings (SSSR count). The zero-order valence-corrected chi connectivity index (χ0v) is 10.9. The lowest BCUT2D eigenvalue weighted by molar-refractivity contribution is 0.173. The summed E-state index contributed by atoms with van der Waals surface area (Å²) in [6, 6.07) is 10.1. The van der Waals surface area contributed by atoms with E-state index in [2.05, 4.69) is 4.98 Å². The van der Waals surface area contributed by atoms with Crippen molar-refractivity contribution in [1.82, 2.24) is 4.98 Å². The monoisotopic (exact) mass is 261 g/mol. The fourth-order valence-electron chi connectivity index (χ4n) is 1.91. The number of aromatic nitrogens is 1. The van der Waals surface area contributed by atoms with Gasteiger partial charge < -0.3 is 9.84 Å². The van der Waals surface area contributed by atoms with Crippen LogP contribution in [0.5, 0.6) is 5.75 Å². The highest BCUT2D eigenvalue weighted by molar-refractivity contribution is 5.30. The fraction of sp³-hybridized carbons (Fsp3) is 0.267. The topological polar surface area (TPSA) is 42.4 Å². The summed E-state index contributed by atoms with van der Waals surface area (Å²) < 4.78 is 18.4. The molecule has 4 heteroatoms. The molecule has 0 spiro atoms. The van der Waals surface area contributed by atoms with E-state index in [0.29, 0.717) is 17.7 Å². The Hall–Kier alpha value is -1.94. The Kier molecular flexibility index (Phi) is 4.12. The Morgan fingerprint density at radius 3 is 2.74 bits per heavy atom. The second kappa shape index (κ2) is 5.80. The van der Waals surface area contributed by atoms with E-state index in [1.54, 1.807) is 18.2 Å². The van der Waals surface area contributed by atoms with Gasteiger partial charge in [0.2, 0.25) is 0 Å². The highest BCUT2D eigenvalue weighted by Gasteiger charge is 2.12. The molecule has 0 fully saturated rings. The van der Waals surface area contributed by atoms with Crippen molar-refractivity contribution in [2.24, 2.45) is 0 Å². The third-order valence-electron chi connectivity index (χ3n) is 2.90. The molecule has 100 valence electrons. The van der Waals surface area contributed by atoms with Gasteiger partial charge in [-0.3, -0.25) is 4.98 Å². The summed E-state index contributed by atoms with van der Waals surface area (Å²) in [6.07, 6.45) is -0.426. The van der Waals surface area contributed by atoms with Gasteiger partial charge in [-0.15, -0.1) is 0 Å². The van der Waals surface area contributed by atoms with Crippen LogP contribution in [0.15, 0.2) is 36.4 Å². The van der Waals surface area contributed by atoms with Gasteiger partial charge in [0.05, 0.1) is 18.9 Å². The number of halogens is 1. The molecule has 0 bridgehead atoms. The minimum Gasteiger partial charge on any atom is -0.494 e. The van der Waals surface area contributed by atoms with Crippen LogP contribution in [-0.2, 0) is 6.42 Å². The van der Waals surface area contributed by atoms with E-state index in [1.807, 2.05) is 19.1 Å². The fourth-order valence-corrected chi connectivity index (χ4v) is 1.91. The summed E-state index contributed by atoms with van der Waals surface area (Å²) in [7, 11) is 1.42. The van der Waals surface area contributed by atoms with Gasteiger partial charge in [-0.25, -0.2) is 4.39 Å². The first-order valence-electron chi connectivity index (χ1n) is 6.04. The average molecular weight is 261 g/mol. The molecule has 3 nitrogen and oxygen atoms in total. The van der Waals surface area contributed by atoms with E-state index in [4.69, 9.17) is 4.74 Å². The lowest BCUT2D eigenvalue weighted by atomic mass is 10.0. The Labute approximate surface area is 111 Å². The summed E-state index contributed by atoms with van der Waals surface area (Å²) in [5, 5.41) is 10.1. The molecule has 0 saturated carbocycles. The van der Waals surface area contributed by atoms with Crippen molar-refractivity contribution in [2.75, 3.05) is 7.11 Å². The number of aliphatic hydroxyl groups excluding tert-OH is 1. The first kappa shape index (κ1) is 13.5. The lowest BCUT2D eigenvalue weighted by Crippen LogP contribution is -2.05. The summed E-state index contributed by atoms with van der Waals surface area (Å²) >= 11 is 0. The number of ether oxygens (including phenoxy) is 1. The standard InChI is InChI=1S/C15H16FNO2/c1-10-4-3-5-13(17-10)14(18)9-11-6-7-15(19-2)12(16)8-11/h3-8,14,18H,9H2,1-2H3. The van der Waals surface area contributed by atoms with Gasteiger partial charge in [-0.1, -0.05) is 12.1 Å². The predicted molar refractivity (Wildman–Crippen MR) is 70.6 cm³/mol. The summed E-state index contributed by atoms with van der Waals surface area (Å²) in [6.45, 7) is 1.86. The maximum atomic E-state index is 13.5. The minimum absolute atomic E-state index is 0.201. The lowest BCUT2D eigenvalue weighted by Gasteiger charge is -2.11. The van der Waals surface area contributed by atoms with Crippen LogP contribution in [0.25, 0.3) is 0 Å². The second-order valence-electron chi connectivity index (χ2n) is 4.39. The molecule has 2 aromatic rings. The quantitative estimate of drug-likeness (QED) is 0.920. The van der Waals surface area contributed by atoms with Gasteiger partial charge in [0, 0.05) is 12.1 Å². The number of methoxy groups -OCH3 is 1. The van der Waals surface area contributed by atoms with Crippen LogP contribution in [-0.4, -0.2) is 17.2 Å². The Balaban J connectivity index is 2.14. The molecule has 0 aliphatic heterocycles. The van der Waals surface area contributed by atoms with Crippen LogP contribution in [0.3, 0.4) is 0 Å².